The largest absolute Gasteiger partial charge is 0.330 e. The van der Waals surface area contributed by atoms with Gasteiger partial charge in [0.2, 0.25) is 0 Å². The Labute approximate surface area is 50.2 Å². The fourth-order valence-electron chi connectivity index (χ4n) is 0.407. The summed E-state index contributed by atoms with van der Waals surface area (Å²) in [6.45, 7) is 3.15. The van der Waals surface area contributed by atoms with Gasteiger partial charge in [0.15, 0.2) is 0 Å². The van der Waals surface area contributed by atoms with Crippen molar-refractivity contribution in [1.29, 1.82) is 0 Å². The molecule has 3 nitrogen and oxygen atoms in total. The van der Waals surface area contributed by atoms with Crippen LogP contribution in [-0.4, -0.2) is 19.1 Å². The lowest BCUT2D eigenvalue weighted by molar-refractivity contribution is 0.471. The Hall–Kier alpha value is -0.120. The maximum absolute atomic E-state index is 5.52. The fraction of sp³-hybridized carbons (Fsp3) is 1.00. The molecule has 0 aromatic heterocycles. The minimum atomic E-state index is 0.0694. The van der Waals surface area contributed by atoms with Crippen molar-refractivity contribution >= 4 is 0 Å². The average molecular weight is 117 g/mol. The van der Waals surface area contributed by atoms with Crippen LogP contribution in [0.25, 0.3) is 0 Å². The third kappa shape index (κ3) is 2.26. The molecule has 0 aliphatic rings. The Bertz CT molecular complexity index is 47.6. The molecule has 0 aliphatic heterocycles. The molecular formula is C5H15N3. The lowest BCUT2D eigenvalue weighted by Crippen LogP contribution is -2.39. The van der Waals surface area contributed by atoms with Crippen LogP contribution < -0.4 is 17.2 Å². The van der Waals surface area contributed by atoms with E-state index in [1.807, 2.05) is 6.92 Å². The van der Waals surface area contributed by atoms with Crippen LogP contribution in [-0.2, 0) is 0 Å². The molecule has 50 valence electrons. The van der Waals surface area contributed by atoms with Gasteiger partial charge in [0.25, 0.3) is 0 Å². The second-order valence-corrected chi connectivity index (χ2v) is 2.11. The van der Waals surface area contributed by atoms with E-state index in [-0.39, 0.29) is 6.04 Å². The fourth-order valence-corrected chi connectivity index (χ4v) is 0.407. The van der Waals surface area contributed by atoms with Crippen molar-refractivity contribution in [3.8, 4) is 0 Å². The monoisotopic (exact) mass is 117 g/mol. The maximum atomic E-state index is 5.52. The summed E-state index contributed by atoms with van der Waals surface area (Å²) < 4.78 is 0. The summed E-state index contributed by atoms with van der Waals surface area (Å²) in [5.41, 5.74) is 16.1. The lowest BCUT2D eigenvalue weighted by Gasteiger charge is -2.14. The quantitative estimate of drug-likeness (QED) is 0.437. The molecule has 2 unspecified atom stereocenters. The maximum Gasteiger partial charge on any atom is 0.0201 e. The molecule has 0 saturated carbocycles. The number of nitrogens with two attached hydrogens (primary N) is 3. The first-order valence-corrected chi connectivity index (χ1v) is 2.88. The van der Waals surface area contributed by atoms with Gasteiger partial charge in [-0.05, 0) is 12.5 Å². The molecule has 0 bridgehead atoms. The molecule has 0 aromatic carbocycles. The molecule has 0 heterocycles. The molecule has 3 heteroatoms. The van der Waals surface area contributed by atoms with Gasteiger partial charge in [0, 0.05) is 12.6 Å². The Kier molecular flexibility index (Phi) is 3.77. The number of rotatable bonds is 3. The first kappa shape index (κ1) is 7.88. The summed E-state index contributed by atoms with van der Waals surface area (Å²) in [5, 5.41) is 0. The van der Waals surface area contributed by atoms with Gasteiger partial charge >= 0.3 is 0 Å². The van der Waals surface area contributed by atoms with Crippen LogP contribution in [0.3, 0.4) is 0 Å². The normalized spacial score (nSPS) is 18.0. The van der Waals surface area contributed by atoms with Crippen LogP contribution in [0.15, 0.2) is 0 Å². The van der Waals surface area contributed by atoms with Crippen LogP contribution in [0, 0.1) is 5.92 Å². The molecule has 0 fully saturated rings. The summed E-state index contributed by atoms with van der Waals surface area (Å²) in [5.74, 6) is 0.347. The second kappa shape index (κ2) is 3.83. The molecule has 8 heavy (non-hydrogen) atoms. The van der Waals surface area contributed by atoms with Gasteiger partial charge in [-0.3, -0.25) is 0 Å². The molecule has 2 atom stereocenters. The van der Waals surface area contributed by atoms with Gasteiger partial charge in [-0.1, -0.05) is 6.92 Å². The first-order chi connectivity index (χ1) is 3.72. The SMILES string of the molecule is CC(CN)C(N)CN. The molecule has 0 saturated heterocycles. The highest BCUT2D eigenvalue weighted by molar-refractivity contribution is 4.69. The Morgan fingerprint density at radius 2 is 1.75 bits per heavy atom. The van der Waals surface area contributed by atoms with Crippen LogP contribution in [0.5, 0.6) is 0 Å². The van der Waals surface area contributed by atoms with E-state index in [0.717, 1.165) is 0 Å². The van der Waals surface area contributed by atoms with Gasteiger partial charge in [-0.15, -0.1) is 0 Å². The van der Waals surface area contributed by atoms with Crippen molar-refractivity contribution in [2.45, 2.75) is 13.0 Å². The van der Waals surface area contributed by atoms with Crippen molar-refractivity contribution in [3.63, 3.8) is 0 Å². The summed E-state index contributed by atoms with van der Waals surface area (Å²) >= 11 is 0. The zero-order chi connectivity index (χ0) is 6.57. The van der Waals surface area contributed by atoms with Gasteiger partial charge < -0.3 is 17.2 Å². The highest BCUT2D eigenvalue weighted by Gasteiger charge is 2.06. The van der Waals surface area contributed by atoms with E-state index in [0.29, 0.717) is 19.0 Å². The first-order valence-electron chi connectivity index (χ1n) is 2.88. The van der Waals surface area contributed by atoms with E-state index >= 15 is 0 Å². The highest BCUT2D eigenvalue weighted by atomic mass is 14.7. The molecule has 6 N–H and O–H groups in total. The molecule has 0 radical (unpaired) electrons. The summed E-state index contributed by atoms with van der Waals surface area (Å²) in [7, 11) is 0. The Balaban J connectivity index is 3.29. The van der Waals surface area contributed by atoms with Crippen molar-refractivity contribution in [1.82, 2.24) is 0 Å². The highest BCUT2D eigenvalue weighted by Crippen LogP contribution is 1.93. The van der Waals surface area contributed by atoms with Crippen LogP contribution >= 0.6 is 0 Å². The third-order valence-electron chi connectivity index (χ3n) is 1.37. The number of hydrogen-bond donors (Lipinski definition) is 3. The molecule has 0 aliphatic carbocycles. The predicted molar refractivity (Wildman–Crippen MR) is 35.2 cm³/mol. The third-order valence-corrected chi connectivity index (χ3v) is 1.37. The van der Waals surface area contributed by atoms with E-state index in [1.54, 1.807) is 0 Å². The van der Waals surface area contributed by atoms with Crippen molar-refractivity contribution < 1.29 is 0 Å². The minimum absolute atomic E-state index is 0.0694. The summed E-state index contributed by atoms with van der Waals surface area (Å²) in [6.07, 6.45) is 0. The van der Waals surface area contributed by atoms with Gasteiger partial charge in [-0.25, -0.2) is 0 Å². The van der Waals surface area contributed by atoms with Crippen LogP contribution in [0.4, 0.5) is 0 Å². The van der Waals surface area contributed by atoms with E-state index < -0.39 is 0 Å². The standard InChI is InChI=1S/C5H15N3/c1-4(2-6)5(8)3-7/h4-5H,2-3,6-8H2,1H3. The van der Waals surface area contributed by atoms with Gasteiger partial charge in [0.05, 0.1) is 0 Å². The molecule has 0 aromatic rings. The van der Waals surface area contributed by atoms with Crippen LogP contribution in [0.1, 0.15) is 6.92 Å². The predicted octanol–water partition coefficient (Wildman–Crippen LogP) is -1.13. The van der Waals surface area contributed by atoms with E-state index in [9.17, 15) is 0 Å². The number of hydrogen-bond acceptors (Lipinski definition) is 3. The summed E-state index contributed by atoms with van der Waals surface area (Å²) in [6, 6.07) is 0.0694. The molecule has 0 spiro atoms. The molecule has 0 rings (SSSR count). The van der Waals surface area contributed by atoms with E-state index in [1.165, 1.54) is 0 Å². The van der Waals surface area contributed by atoms with Crippen molar-refractivity contribution in [2.75, 3.05) is 13.1 Å². The van der Waals surface area contributed by atoms with E-state index in [2.05, 4.69) is 0 Å². The van der Waals surface area contributed by atoms with Crippen molar-refractivity contribution in [2.24, 2.45) is 23.1 Å². The van der Waals surface area contributed by atoms with Crippen LogP contribution in [0.2, 0.25) is 0 Å². The minimum Gasteiger partial charge on any atom is -0.330 e. The van der Waals surface area contributed by atoms with E-state index in [4.69, 9.17) is 17.2 Å². The second-order valence-electron chi connectivity index (χ2n) is 2.11. The lowest BCUT2D eigenvalue weighted by atomic mass is 10.0. The smallest absolute Gasteiger partial charge is 0.0201 e. The Morgan fingerprint density at radius 3 is 1.88 bits per heavy atom. The van der Waals surface area contributed by atoms with Gasteiger partial charge in [0.1, 0.15) is 0 Å². The molecular weight excluding hydrogens is 102 g/mol. The van der Waals surface area contributed by atoms with Crippen molar-refractivity contribution in [3.05, 3.63) is 0 Å². The summed E-state index contributed by atoms with van der Waals surface area (Å²) in [4.78, 5) is 0. The zero-order valence-electron chi connectivity index (χ0n) is 5.30. The average Bonchev–Trinajstić information content (AvgIpc) is 1.84. The zero-order valence-corrected chi connectivity index (χ0v) is 5.30. The Morgan fingerprint density at radius 1 is 1.25 bits per heavy atom. The van der Waals surface area contributed by atoms with Gasteiger partial charge in [-0.2, -0.15) is 0 Å². The molecule has 0 amide bonds. The topological polar surface area (TPSA) is 78.1 Å².